The Morgan fingerprint density at radius 1 is 0.818 bits per heavy atom. The second-order valence-electron chi connectivity index (χ2n) is 2.85. The van der Waals surface area contributed by atoms with E-state index in [1.807, 2.05) is 42.2 Å². The molecule has 0 heterocycles. The molecule has 2 rings (SSSR count). The van der Waals surface area contributed by atoms with Crippen molar-refractivity contribution >= 4 is 15.9 Å². The second kappa shape index (κ2) is 29.9. The Morgan fingerprint density at radius 2 is 1.14 bits per heavy atom. The minimum absolute atomic E-state index is 0. The Hall–Kier alpha value is 0.920. The van der Waals surface area contributed by atoms with Crippen molar-refractivity contribution in [3.8, 4) is 11.5 Å². The topological polar surface area (TPSA) is 91.0 Å². The van der Waals surface area contributed by atoms with Gasteiger partial charge >= 0.3 is 59.1 Å². The van der Waals surface area contributed by atoms with E-state index in [1.165, 1.54) is 0 Å². The van der Waals surface area contributed by atoms with Crippen molar-refractivity contribution in [3.05, 3.63) is 60.7 Å². The van der Waals surface area contributed by atoms with E-state index in [9.17, 15) is 0 Å². The molecule has 0 amide bonds. The van der Waals surface area contributed by atoms with Gasteiger partial charge in [-0.3, -0.25) is 0 Å². The molecular weight excluding hydrogens is 438 g/mol. The third kappa shape index (κ3) is 23.2. The van der Waals surface area contributed by atoms with Crippen LogP contribution in [0.1, 0.15) is 0 Å². The van der Waals surface area contributed by atoms with Gasteiger partial charge < -0.3 is 37.8 Å². The second-order valence-corrected chi connectivity index (χ2v) is 2.85. The summed E-state index contributed by atoms with van der Waals surface area (Å²) in [5.41, 5.74) is 0. The van der Waals surface area contributed by atoms with Gasteiger partial charge in [-0.05, 0) is 30.1 Å². The van der Waals surface area contributed by atoms with E-state index in [2.05, 4.69) is 15.9 Å². The number of para-hydroxylation sites is 2. The number of benzene rings is 2. The van der Waals surface area contributed by atoms with Gasteiger partial charge in [0.2, 0.25) is 0 Å². The summed E-state index contributed by atoms with van der Waals surface area (Å²) >= 11 is 2.94. The number of phenolic OH excluding ortho intramolecular Hbond substituents is 1. The monoisotopic (exact) mass is 456 g/mol. The van der Waals surface area contributed by atoms with Gasteiger partial charge in [-0.2, -0.15) is 0 Å². The van der Waals surface area contributed by atoms with Crippen LogP contribution in [0.5, 0.6) is 11.5 Å². The van der Waals surface area contributed by atoms with Crippen LogP contribution in [0.15, 0.2) is 60.7 Å². The van der Waals surface area contributed by atoms with E-state index < -0.39 is 0 Å². The van der Waals surface area contributed by atoms with Crippen molar-refractivity contribution in [1.82, 2.24) is 0 Å². The van der Waals surface area contributed by atoms with Crippen LogP contribution in [-0.2, 0) is 0 Å². The Bertz CT molecular complexity index is 381. The fourth-order valence-electron chi connectivity index (χ4n) is 0.985. The summed E-state index contributed by atoms with van der Waals surface area (Å²) in [4.78, 5) is 0. The van der Waals surface area contributed by atoms with Gasteiger partial charge in [0.05, 0.1) is 7.11 Å². The third-order valence-corrected chi connectivity index (χ3v) is 1.74. The zero-order valence-electron chi connectivity index (χ0n) is 13.3. The first-order valence-corrected chi connectivity index (χ1v) is 6.62. The van der Waals surface area contributed by atoms with Gasteiger partial charge in [0.1, 0.15) is 11.5 Å². The first-order chi connectivity index (χ1) is 8.33. The third-order valence-electron chi connectivity index (χ3n) is 1.74. The molecule has 0 saturated carbocycles. The Kier molecular flexibility index (Phi) is 52.2. The van der Waals surface area contributed by atoms with Crippen LogP contribution < -0.4 is 80.8 Å². The standard InChI is InChI=1S/C7H8O.C6H6O.CH3Br.BrH.2Na.2H2O/c1-8-7-5-3-2-4-6-7;7-6-4-2-1-3-5-6;1-2;;;;;/h2-6H,1H3;1-5,7H;1H3;1H;;;2*1H2/q;;;;2*+1;;/p-2. The molecule has 0 aliphatic carbocycles. The molecule has 4 N–H and O–H groups in total. The Labute approximate surface area is 195 Å². The summed E-state index contributed by atoms with van der Waals surface area (Å²) in [7, 11) is 1.66. The summed E-state index contributed by atoms with van der Waals surface area (Å²) in [6.07, 6.45) is 0. The molecule has 2 aromatic carbocycles. The largest absolute Gasteiger partial charge is 1.00 e. The fourth-order valence-corrected chi connectivity index (χ4v) is 0.985. The molecule has 0 aliphatic heterocycles. The van der Waals surface area contributed by atoms with E-state index >= 15 is 0 Å². The fraction of sp³-hybridized carbons (Fsp3) is 0.143. The molecule has 0 fully saturated rings. The number of alkyl halides is 1. The molecule has 0 spiro atoms. The number of aromatic hydroxyl groups is 1. The van der Waals surface area contributed by atoms with E-state index in [-0.39, 0.29) is 87.0 Å². The summed E-state index contributed by atoms with van der Waals surface area (Å²) in [6, 6.07) is 18.4. The van der Waals surface area contributed by atoms with Crippen LogP contribution >= 0.6 is 15.9 Å². The van der Waals surface area contributed by atoms with Gasteiger partial charge in [0, 0.05) is 0 Å². The van der Waals surface area contributed by atoms with Gasteiger partial charge in [-0.1, -0.05) is 52.3 Å². The number of hydrogen-bond donors (Lipinski definition) is 1. The smallest absolute Gasteiger partial charge is 1.00 e. The SMILES string of the molecule is CBr.COc1ccccc1.O.Oc1ccccc1.[Br-].[Na+].[Na+].[OH-]. The zero-order chi connectivity index (χ0) is 12.9. The summed E-state index contributed by atoms with van der Waals surface area (Å²) < 4.78 is 4.91. The minimum atomic E-state index is 0. The van der Waals surface area contributed by atoms with Crippen LogP contribution in [0, 0.1) is 0 Å². The average molecular weight is 458 g/mol. The molecule has 8 heteroatoms. The molecule has 0 aliphatic rings. The number of halogens is 2. The molecule has 2 aromatic rings. The molecule has 0 aromatic heterocycles. The molecule has 4 nitrogen and oxygen atoms in total. The van der Waals surface area contributed by atoms with Crippen molar-refractivity contribution in [1.29, 1.82) is 0 Å². The average Bonchev–Trinajstić information content (AvgIpc) is 2.43. The molecule has 0 radical (unpaired) electrons. The number of methoxy groups -OCH3 is 1. The molecular formula is C14H20Br2Na2O4. The quantitative estimate of drug-likeness (QED) is 0.341. The molecule has 0 saturated heterocycles. The van der Waals surface area contributed by atoms with Crippen molar-refractivity contribution in [2.24, 2.45) is 0 Å². The van der Waals surface area contributed by atoms with Crippen LogP contribution in [0.25, 0.3) is 0 Å². The first-order valence-electron chi connectivity index (χ1n) is 5.04. The van der Waals surface area contributed by atoms with Gasteiger partial charge in [-0.15, -0.1) is 0 Å². The van der Waals surface area contributed by atoms with Crippen LogP contribution in [0.2, 0.25) is 0 Å². The van der Waals surface area contributed by atoms with E-state index in [4.69, 9.17) is 9.84 Å². The number of hydrogen-bond acceptors (Lipinski definition) is 3. The van der Waals surface area contributed by atoms with Gasteiger partial charge in [0.25, 0.3) is 0 Å². The zero-order valence-corrected chi connectivity index (χ0v) is 20.5. The number of phenols is 1. The maximum Gasteiger partial charge on any atom is 1.00 e. The minimum Gasteiger partial charge on any atom is -1.00 e. The predicted octanol–water partition coefficient (Wildman–Crippen LogP) is -5.89. The van der Waals surface area contributed by atoms with Crippen molar-refractivity contribution in [3.63, 3.8) is 0 Å². The summed E-state index contributed by atoms with van der Waals surface area (Å²) in [5.74, 6) is 3.04. The normalized spacial score (nSPS) is 6.14. The predicted molar refractivity (Wildman–Crippen MR) is 81.5 cm³/mol. The van der Waals surface area contributed by atoms with Crippen molar-refractivity contribution in [2.45, 2.75) is 0 Å². The summed E-state index contributed by atoms with van der Waals surface area (Å²) in [6.45, 7) is 0. The number of rotatable bonds is 1. The van der Waals surface area contributed by atoms with Crippen molar-refractivity contribution < 1.29 is 96.9 Å². The molecule has 0 atom stereocenters. The van der Waals surface area contributed by atoms with E-state index in [0.29, 0.717) is 5.75 Å². The molecule has 0 unspecified atom stereocenters. The summed E-state index contributed by atoms with van der Waals surface area (Å²) in [5, 5.41) is 8.63. The Morgan fingerprint density at radius 3 is 1.32 bits per heavy atom. The van der Waals surface area contributed by atoms with Crippen LogP contribution in [0.4, 0.5) is 0 Å². The molecule has 0 bridgehead atoms. The maximum atomic E-state index is 8.63. The van der Waals surface area contributed by atoms with Crippen molar-refractivity contribution in [2.75, 3.05) is 12.9 Å². The van der Waals surface area contributed by atoms with E-state index in [1.54, 1.807) is 31.4 Å². The molecule has 116 valence electrons. The Balaban J connectivity index is -0.0000000435. The van der Waals surface area contributed by atoms with Gasteiger partial charge in [-0.25, -0.2) is 0 Å². The maximum absolute atomic E-state index is 8.63. The van der Waals surface area contributed by atoms with Gasteiger partial charge in [0.15, 0.2) is 0 Å². The first kappa shape index (κ1) is 38.5. The van der Waals surface area contributed by atoms with Crippen LogP contribution in [0.3, 0.4) is 0 Å². The number of ether oxygens (including phenoxy) is 1. The molecule has 22 heavy (non-hydrogen) atoms. The van der Waals surface area contributed by atoms with E-state index in [0.717, 1.165) is 5.75 Å². The van der Waals surface area contributed by atoms with Crippen LogP contribution in [-0.4, -0.2) is 29.0 Å².